The highest BCUT2D eigenvalue weighted by Crippen LogP contribution is 2.32. The van der Waals surface area contributed by atoms with E-state index in [4.69, 9.17) is 0 Å². The highest BCUT2D eigenvalue weighted by Gasteiger charge is 2.35. The van der Waals surface area contributed by atoms with Crippen LogP contribution in [0.4, 0.5) is 4.79 Å². The van der Waals surface area contributed by atoms with Gasteiger partial charge in [-0.2, -0.15) is 0 Å². The Bertz CT molecular complexity index is 714. The lowest BCUT2D eigenvalue weighted by atomic mass is 10.2. The van der Waals surface area contributed by atoms with Gasteiger partial charge in [0.05, 0.1) is 38.1 Å². The first kappa shape index (κ1) is 18.6. The number of nitrogens with zero attached hydrogens (tertiary/aromatic N) is 2. The fourth-order valence-corrected chi connectivity index (χ4v) is 3.70. The summed E-state index contributed by atoms with van der Waals surface area (Å²) in [5.41, 5.74) is 3.72. The van der Waals surface area contributed by atoms with Gasteiger partial charge in [0.1, 0.15) is 0 Å². The molecule has 2 fully saturated rings. The Morgan fingerprint density at radius 3 is 2.62 bits per heavy atom. The van der Waals surface area contributed by atoms with Crippen molar-refractivity contribution < 1.29 is 19.3 Å². The second kappa shape index (κ2) is 8.48. The predicted octanol–water partition coefficient (Wildman–Crippen LogP) is -0.0255. The standard InChI is InChI=1S/C18H22N4O3S/c1-20-9-11-21(12-10-20)19-16(23)7-8-22-17(24)15(26-18(22)25)13-14-5-3-2-4-6-14/h2-6,13H,7-12H2,1H3,(H,19,23)/p+1/b15-13-. The maximum atomic E-state index is 12.4. The second-order valence-electron chi connectivity index (χ2n) is 6.47. The molecule has 26 heavy (non-hydrogen) atoms. The van der Waals surface area contributed by atoms with E-state index in [9.17, 15) is 14.4 Å². The molecule has 0 atom stereocenters. The normalized spacial score (nSPS) is 20.8. The molecule has 2 N–H and O–H groups in total. The Morgan fingerprint density at radius 2 is 1.92 bits per heavy atom. The van der Waals surface area contributed by atoms with Gasteiger partial charge in [-0.25, -0.2) is 5.01 Å². The average Bonchev–Trinajstić information content (AvgIpc) is 2.89. The molecule has 0 aromatic heterocycles. The molecule has 2 saturated heterocycles. The van der Waals surface area contributed by atoms with Crippen molar-refractivity contribution in [1.82, 2.24) is 15.3 Å². The van der Waals surface area contributed by atoms with E-state index >= 15 is 0 Å². The van der Waals surface area contributed by atoms with Gasteiger partial charge in [-0.1, -0.05) is 30.3 Å². The smallest absolute Gasteiger partial charge is 0.293 e. The molecule has 1 aromatic carbocycles. The Labute approximate surface area is 157 Å². The first-order valence-corrected chi connectivity index (χ1v) is 9.51. The number of thioether (sulfide) groups is 1. The van der Waals surface area contributed by atoms with Gasteiger partial charge in [0.15, 0.2) is 0 Å². The maximum absolute atomic E-state index is 12.4. The molecule has 7 nitrogen and oxygen atoms in total. The van der Waals surface area contributed by atoms with Crippen molar-refractivity contribution >= 4 is 34.9 Å². The molecule has 0 radical (unpaired) electrons. The van der Waals surface area contributed by atoms with Crippen molar-refractivity contribution in [3.05, 3.63) is 40.8 Å². The van der Waals surface area contributed by atoms with E-state index in [0.29, 0.717) is 4.91 Å². The zero-order valence-corrected chi connectivity index (χ0v) is 15.6. The van der Waals surface area contributed by atoms with Crippen LogP contribution in [0.25, 0.3) is 6.08 Å². The quantitative estimate of drug-likeness (QED) is 0.708. The first-order valence-electron chi connectivity index (χ1n) is 8.69. The molecule has 0 saturated carbocycles. The van der Waals surface area contributed by atoms with Crippen molar-refractivity contribution in [3.8, 4) is 0 Å². The van der Waals surface area contributed by atoms with Gasteiger partial charge < -0.3 is 4.90 Å². The summed E-state index contributed by atoms with van der Waals surface area (Å²) in [5.74, 6) is -0.504. The number of hydrogen-bond acceptors (Lipinski definition) is 5. The summed E-state index contributed by atoms with van der Waals surface area (Å²) in [6.07, 6.45) is 1.81. The molecule has 2 aliphatic heterocycles. The molecule has 1 aromatic rings. The molecule has 0 unspecified atom stereocenters. The topological polar surface area (TPSA) is 74.2 Å². The fraction of sp³-hybridized carbons (Fsp3) is 0.389. The summed E-state index contributed by atoms with van der Waals surface area (Å²) in [4.78, 5) is 39.6. The number of rotatable bonds is 5. The number of piperazine rings is 1. The van der Waals surface area contributed by atoms with E-state index in [1.54, 1.807) is 6.08 Å². The molecular weight excluding hydrogens is 352 g/mol. The Hall–Kier alpha value is -2.16. The van der Waals surface area contributed by atoms with E-state index < -0.39 is 0 Å². The van der Waals surface area contributed by atoms with Crippen molar-refractivity contribution in [2.45, 2.75) is 6.42 Å². The van der Waals surface area contributed by atoms with E-state index in [0.717, 1.165) is 48.4 Å². The maximum Gasteiger partial charge on any atom is 0.293 e. The SMILES string of the molecule is C[NH+]1CCN(NC(=O)CCN2C(=O)S/C(=C\c3ccccc3)C2=O)CC1. The van der Waals surface area contributed by atoms with Crippen LogP contribution in [-0.4, -0.2) is 66.7 Å². The molecular formula is C18H23N4O3S+. The van der Waals surface area contributed by atoms with Crippen LogP contribution in [0.15, 0.2) is 35.2 Å². The van der Waals surface area contributed by atoms with Gasteiger partial charge in [0, 0.05) is 13.0 Å². The third-order valence-electron chi connectivity index (χ3n) is 4.43. The number of benzene rings is 1. The average molecular weight is 375 g/mol. The number of imide groups is 1. The number of nitrogens with one attached hydrogen (secondary N) is 2. The van der Waals surface area contributed by atoms with Gasteiger partial charge in [-0.3, -0.25) is 24.7 Å². The van der Waals surface area contributed by atoms with Crippen LogP contribution in [0.3, 0.4) is 0 Å². The van der Waals surface area contributed by atoms with Crippen LogP contribution < -0.4 is 10.3 Å². The van der Waals surface area contributed by atoms with Gasteiger partial charge in [-0.15, -0.1) is 0 Å². The van der Waals surface area contributed by atoms with E-state index in [-0.39, 0.29) is 30.0 Å². The summed E-state index contributed by atoms with van der Waals surface area (Å²) in [6, 6.07) is 9.39. The third-order valence-corrected chi connectivity index (χ3v) is 5.34. The highest BCUT2D eigenvalue weighted by molar-refractivity contribution is 8.18. The molecule has 0 spiro atoms. The number of carbonyl (C=O) groups is 3. The van der Waals surface area contributed by atoms with E-state index in [1.165, 1.54) is 4.90 Å². The third kappa shape index (κ3) is 4.72. The molecule has 0 bridgehead atoms. The Kier molecular flexibility index (Phi) is 6.08. The van der Waals surface area contributed by atoms with Crippen LogP contribution in [0, 0.1) is 0 Å². The largest absolute Gasteiger partial charge is 0.335 e. The predicted molar refractivity (Wildman–Crippen MR) is 100 cm³/mol. The van der Waals surface area contributed by atoms with Crippen LogP contribution in [0.1, 0.15) is 12.0 Å². The van der Waals surface area contributed by atoms with Gasteiger partial charge >= 0.3 is 0 Å². The van der Waals surface area contributed by atoms with Crippen LogP contribution in [0.2, 0.25) is 0 Å². The Morgan fingerprint density at radius 1 is 1.23 bits per heavy atom. The summed E-state index contributed by atoms with van der Waals surface area (Å²) in [6.45, 7) is 3.67. The van der Waals surface area contributed by atoms with E-state index in [1.807, 2.05) is 35.3 Å². The number of hydrazine groups is 1. The monoisotopic (exact) mass is 375 g/mol. The number of quaternary nitrogens is 1. The van der Waals surface area contributed by atoms with Crippen molar-refractivity contribution in [3.63, 3.8) is 0 Å². The number of carbonyl (C=O) groups excluding carboxylic acids is 3. The lowest BCUT2D eigenvalue weighted by Crippen LogP contribution is -3.12. The zero-order chi connectivity index (χ0) is 18.5. The van der Waals surface area contributed by atoms with Gasteiger partial charge in [-0.05, 0) is 23.4 Å². The lowest BCUT2D eigenvalue weighted by molar-refractivity contribution is -0.884. The fourth-order valence-electron chi connectivity index (χ4n) is 2.84. The van der Waals surface area contributed by atoms with Gasteiger partial charge in [0.2, 0.25) is 5.91 Å². The van der Waals surface area contributed by atoms with Crippen molar-refractivity contribution in [1.29, 1.82) is 0 Å². The molecule has 3 amide bonds. The highest BCUT2D eigenvalue weighted by atomic mass is 32.2. The van der Waals surface area contributed by atoms with E-state index in [2.05, 4.69) is 12.5 Å². The van der Waals surface area contributed by atoms with Gasteiger partial charge in [0.25, 0.3) is 11.1 Å². The minimum absolute atomic E-state index is 0.0988. The van der Waals surface area contributed by atoms with Crippen molar-refractivity contribution in [2.75, 3.05) is 39.8 Å². The number of hydrogen-bond donors (Lipinski definition) is 2. The summed E-state index contributed by atoms with van der Waals surface area (Å²) in [7, 11) is 2.13. The Balaban J connectivity index is 1.52. The van der Waals surface area contributed by atoms with Crippen molar-refractivity contribution in [2.24, 2.45) is 0 Å². The first-order chi connectivity index (χ1) is 12.5. The molecule has 8 heteroatoms. The zero-order valence-electron chi connectivity index (χ0n) is 14.7. The lowest BCUT2D eigenvalue weighted by Gasteiger charge is -2.30. The molecule has 3 rings (SSSR count). The summed E-state index contributed by atoms with van der Waals surface area (Å²) >= 11 is 0.918. The minimum Gasteiger partial charge on any atom is -0.335 e. The van der Waals surface area contributed by atoms with Crippen LogP contribution in [0.5, 0.6) is 0 Å². The minimum atomic E-state index is -0.333. The second-order valence-corrected chi connectivity index (χ2v) is 7.47. The summed E-state index contributed by atoms with van der Waals surface area (Å²) in [5, 5.41) is 1.58. The molecule has 2 aliphatic rings. The van der Waals surface area contributed by atoms with Crippen LogP contribution >= 0.6 is 11.8 Å². The molecule has 2 heterocycles. The van der Waals surface area contributed by atoms with Crippen LogP contribution in [-0.2, 0) is 9.59 Å². The molecule has 0 aliphatic carbocycles. The summed E-state index contributed by atoms with van der Waals surface area (Å²) < 4.78 is 0. The number of amides is 3. The molecule has 138 valence electrons. The number of likely N-dealkylation sites (N-methyl/N-ethyl adjacent to an activating group) is 1.